The average molecular weight is 257 g/mol. The maximum absolute atomic E-state index is 13.0. The highest BCUT2D eigenvalue weighted by Crippen LogP contribution is 2.65. The minimum atomic E-state index is -3.27. The van der Waals surface area contributed by atoms with Gasteiger partial charge in [-0.2, -0.15) is 8.78 Å². The van der Waals surface area contributed by atoms with Gasteiger partial charge in [0.25, 0.3) is 0 Å². The monoisotopic (exact) mass is 257 g/mol. The van der Waals surface area contributed by atoms with Gasteiger partial charge in [0.05, 0.1) is 6.42 Å². The molecule has 5 atom stereocenters. The quantitative estimate of drug-likeness (QED) is 0.780. The SMILES string of the molecule is O=C1OC(CNC2C3C4CCC(C4)C23)CC1(F)F. The molecule has 0 radical (unpaired) electrons. The van der Waals surface area contributed by atoms with E-state index in [-0.39, 0.29) is 0 Å². The Hall–Kier alpha value is -0.710. The van der Waals surface area contributed by atoms with Crippen molar-refractivity contribution in [3.05, 3.63) is 0 Å². The number of rotatable bonds is 3. The Kier molecular flexibility index (Phi) is 2.13. The zero-order valence-electron chi connectivity index (χ0n) is 10.1. The standard InChI is InChI=1S/C13H17F2NO2/c14-13(15)4-8(18-12(13)17)5-16-11-9-6-1-2-7(3-6)10(9)11/h6-11,16H,1-5H2. The van der Waals surface area contributed by atoms with E-state index in [0.29, 0.717) is 12.6 Å². The summed E-state index contributed by atoms with van der Waals surface area (Å²) < 4.78 is 30.7. The van der Waals surface area contributed by atoms with Crippen molar-refractivity contribution in [1.29, 1.82) is 0 Å². The van der Waals surface area contributed by atoms with Gasteiger partial charge in [-0.05, 0) is 42.9 Å². The van der Waals surface area contributed by atoms with Crippen LogP contribution in [0.4, 0.5) is 8.78 Å². The fourth-order valence-corrected chi connectivity index (χ4v) is 4.63. The topological polar surface area (TPSA) is 38.3 Å². The van der Waals surface area contributed by atoms with Crippen LogP contribution in [0.5, 0.6) is 0 Å². The summed E-state index contributed by atoms with van der Waals surface area (Å²) >= 11 is 0. The number of alkyl halides is 2. The molecule has 1 saturated heterocycles. The van der Waals surface area contributed by atoms with E-state index >= 15 is 0 Å². The Labute approximate surface area is 104 Å². The molecule has 4 rings (SSSR count). The summed E-state index contributed by atoms with van der Waals surface area (Å²) in [4.78, 5) is 10.9. The van der Waals surface area contributed by atoms with Crippen LogP contribution >= 0.6 is 0 Å². The summed E-state index contributed by atoms with van der Waals surface area (Å²) in [5.41, 5.74) is 0. The van der Waals surface area contributed by atoms with Gasteiger partial charge >= 0.3 is 11.9 Å². The van der Waals surface area contributed by atoms with E-state index in [1.807, 2.05) is 0 Å². The molecule has 0 aromatic rings. The molecule has 4 fully saturated rings. The first-order chi connectivity index (χ1) is 8.56. The maximum atomic E-state index is 13.0. The first-order valence-electron chi connectivity index (χ1n) is 6.88. The summed E-state index contributed by atoms with van der Waals surface area (Å²) in [5, 5.41) is 3.35. The molecular weight excluding hydrogens is 240 g/mol. The third kappa shape index (κ3) is 1.46. The molecule has 0 spiro atoms. The van der Waals surface area contributed by atoms with E-state index in [9.17, 15) is 13.6 Å². The zero-order valence-corrected chi connectivity index (χ0v) is 10.1. The van der Waals surface area contributed by atoms with E-state index in [4.69, 9.17) is 4.74 Å². The molecule has 3 nitrogen and oxygen atoms in total. The van der Waals surface area contributed by atoms with Gasteiger partial charge in [-0.1, -0.05) is 0 Å². The van der Waals surface area contributed by atoms with Gasteiger partial charge in [0.1, 0.15) is 6.10 Å². The third-order valence-corrected chi connectivity index (χ3v) is 5.37. The van der Waals surface area contributed by atoms with Gasteiger partial charge in [-0.15, -0.1) is 0 Å². The molecule has 5 heteroatoms. The average Bonchev–Trinajstić information content (AvgIpc) is 2.62. The van der Waals surface area contributed by atoms with Gasteiger partial charge in [0.15, 0.2) is 0 Å². The predicted molar refractivity (Wildman–Crippen MR) is 59.0 cm³/mol. The van der Waals surface area contributed by atoms with Crippen molar-refractivity contribution in [1.82, 2.24) is 5.32 Å². The molecule has 0 aromatic carbocycles. The second-order valence-electron chi connectivity index (χ2n) is 6.36. The molecule has 0 aromatic heterocycles. The van der Waals surface area contributed by atoms with E-state index in [2.05, 4.69) is 5.32 Å². The predicted octanol–water partition coefficient (Wildman–Crippen LogP) is 1.57. The van der Waals surface area contributed by atoms with Crippen LogP contribution in [0.2, 0.25) is 0 Å². The van der Waals surface area contributed by atoms with Gasteiger partial charge < -0.3 is 10.1 Å². The lowest BCUT2D eigenvalue weighted by Gasteiger charge is -2.13. The second-order valence-corrected chi connectivity index (χ2v) is 6.36. The fraction of sp³-hybridized carbons (Fsp3) is 0.923. The summed E-state index contributed by atoms with van der Waals surface area (Å²) in [6.07, 6.45) is 2.96. The molecule has 4 aliphatic rings. The Morgan fingerprint density at radius 2 is 1.94 bits per heavy atom. The van der Waals surface area contributed by atoms with Crippen molar-refractivity contribution in [2.45, 2.75) is 43.8 Å². The normalized spacial score (nSPS) is 51.3. The van der Waals surface area contributed by atoms with Gasteiger partial charge in [0, 0.05) is 12.6 Å². The number of carbonyl (C=O) groups is 1. The second kappa shape index (κ2) is 3.44. The van der Waals surface area contributed by atoms with Crippen LogP contribution in [0.15, 0.2) is 0 Å². The number of cyclic esters (lactones) is 1. The van der Waals surface area contributed by atoms with Gasteiger partial charge in [-0.25, -0.2) is 4.79 Å². The third-order valence-electron chi connectivity index (χ3n) is 5.37. The van der Waals surface area contributed by atoms with E-state index in [1.165, 1.54) is 19.3 Å². The number of ether oxygens (including phenoxy) is 1. The van der Waals surface area contributed by atoms with E-state index in [1.54, 1.807) is 0 Å². The highest BCUT2D eigenvalue weighted by atomic mass is 19.3. The van der Waals surface area contributed by atoms with E-state index in [0.717, 1.165) is 23.7 Å². The molecule has 18 heavy (non-hydrogen) atoms. The summed E-state index contributed by atoms with van der Waals surface area (Å²) in [5.74, 6) is -1.34. The largest absolute Gasteiger partial charge is 0.456 e. The number of fused-ring (bicyclic) bond motifs is 5. The lowest BCUT2D eigenvalue weighted by Crippen LogP contribution is -2.31. The highest BCUT2D eigenvalue weighted by Gasteiger charge is 2.64. The van der Waals surface area contributed by atoms with E-state index < -0.39 is 24.4 Å². The number of esters is 1. The van der Waals surface area contributed by atoms with Crippen molar-refractivity contribution in [3.63, 3.8) is 0 Å². The van der Waals surface area contributed by atoms with Crippen molar-refractivity contribution < 1.29 is 18.3 Å². The van der Waals surface area contributed by atoms with Crippen molar-refractivity contribution in [2.75, 3.05) is 6.54 Å². The van der Waals surface area contributed by atoms with Crippen LogP contribution in [0.25, 0.3) is 0 Å². The Bertz CT molecular complexity index is 384. The molecule has 3 saturated carbocycles. The molecule has 0 amide bonds. The molecule has 5 unspecified atom stereocenters. The highest BCUT2D eigenvalue weighted by molar-refractivity contribution is 5.79. The Morgan fingerprint density at radius 1 is 1.28 bits per heavy atom. The number of hydrogen-bond donors (Lipinski definition) is 1. The lowest BCUT2D eigenvalue weighted by molar-refractivity contribution is -0.159. The first kappa shape index (κ1) is 11.1. The first-order valence-corrected chi connectivity index (χ1v) is 6.88. The van der Waals surface area contributed by atoms with Crippen LogP contribution in [0, 0.1) is 23.7 Å². The zero-order chi connectivity index (χ0) is 12.5. The smallest absolute Gasteiger partial charge is 0.377 e. The van der Waals surface area contributed by atoms with Crippen molar-refractivity contribution >= 4 is 5.97 Å². The summed E-state index contributed by atoms with van der Waals surface area (Å²) in [7, 11) is 0. The Balaban J connectivity index is 1.30. The molecule has 1 heterocycles. The van der Waals surface area contributed by atoms with Gasteiger partial charge in [0.2, 0.25) is 0 Å². The van der Waals surface area contributed by atoms with Crippen LogP contribution in [0.1, 0.15) is 25.7 Å². The Morgan fingerprint density at radius 3 is 2.50 bits per heavy atom. The maximum Gasteiger partial charge on any atom is 0.377 e. The summed E-state index contributed by atoms with van der Waals surface area (Å²) in [6, 6.07) is 0.504. The number of carbonyl (C=O) groups excluding carboxylic acids is 1. The van der Waals surface area contributed by atoms with Crippen LogP contribution in [0.3, 0.4) is 0 Å². The lowest BCUT2D eigenvalue weighted by atomic mass is 10.0. The molecule has 1 aliphatic heterocycles. The molecule has 1 N–H and O–H groups in total. The van der Waals surface area contributed by atoms with Crippen LogP contribution < -0.4 is 5.32 Å². The number of halogens is 2. The molecule has 100 valence electrons. The molecular formula is C13H17F2NO2. The van der Waals surface area contributed by atoms with Crippen molar-refractivity contribution in [2.24, 2.45) is 23.7 Å². The van der Waals surface area contributed by atoms with Gasteiger partial charge in [-0.3, -0.25) is 0 Å². The van der Waals surface area contributed by atoms with Crippen molar-refractivity contribution in [3.8, 4) is 0 Å². The summed E-state index contributed by atoms with van der Waals surface area (Å²) in [6.45, 7) is 0.387. The van der Waals surface area contributed by atoms with Crippen LogP contribution in [-0.2, 0) is 9.53 Å². The minimum Gasteiger partial charge on any atom is -0.456 e. The molecule has 3 aliphatic carbocycles. The van der Waals surface area contributed by atoms with Crippen LogP contribution in [-0.4, -0.2) is 30.6 Å². The number of hydrogen-bond acceptors (Lipinski definition) is 3. The number of nitrogens with one attached hydrogen (secondary N) is 1. The molecule has 2 bridgehead atoms. The fourth-order valence-electron chi connectivity index (χ4n) is 4.63. The minimum absolute atomic E-state index is 0.387.